The first kappa shape index (κ1) is 16.2. The van der Waals surface area contributed by atoms with Gasteiger partial charge >= 0.3 is 0 Å². The summed E-state index contributed by atoms with van der Waals surface area (Å²) in [5, 5.41) is 3.56. The third kappa shape index (κ3) is 4.69. The third-order valence-electron chi connectivity index (χ3n) is 4.64. The molecular weight excluding hydrogens is 276 g/mol. The molecule has 0 spiro atoms. The molecule has 2 aliphatic rings. The molecule has 0 aromatic carbocycles. The van der Waals surface area contributed by atoms with E-state index in [4.69, 9.17) is 4.74 Å². The van der Waals surface area contributed by atoms with Gasteiger partial charge in [0.1, 0.15) is 0 Å². The highest BCUT2D eigenvalue weighted by Gasteiger charge is 2.29. The van der Waals surface area contributed by atoms with Gasteiger partial charge in [0.2, 0.25) is 10.0 Å². The molecule has 0 aromatic rings. The SMILES string of the molecule is CC1(CNCC2CCCN(S(C)(=O)=O)C2)CCOCC1. The molecule has 0 aliphatic carbocycles. The van der Waals surface area contributed by atoms with E-state index in [-0.39, 0.29) is 0 Å². The maximum absolute atomic E-state index is 11.6. The van der Waals surface area contributed by atoms with E-state index in [1.165, 1.54) is 6.26 Å². The summed E-state index contributed by atoms with van der Waals surface area (Å²) >= 11 is 0. The molecule has 1 unspecified atom stereocenters. The van der Waals surface area contributed by atoms with Crippen LogP contribution in [0.5, 0.6) is 0 Å². The highest BCUT2D eigenvalue weighted by atomic mass is 32.2. The van der Waals surface area contributed by atoms with Crippen LogP contribution in [0.4, 0.5) is 0 Å². The van der Waals surface area contributed by atoms with Gasteiger partial charge in [0.05, 0.1) is 6.26 Å². The molecule has 2 aliphatic heterocycles. The molecule has 2 fully saturated rings. The van der Waals surface area contributed by atoms with Gasteiger partial charge in [-0.3, -0.25) is 0 Å². The fourth-order valence-corrected chi connectivity index (χ4v) is 4.06. The number of nitrogens with zero attached hydrogens (tertiary/aromatic N) is 1. The van der Waals surface area contributed by atoms with Gasteiger partial charge < -0.3 is 10.1 Å². The summed E-state index contributed by atoms with van der Waals surface area (Å²) < 4.78 is 30.2. The molecule has 1 N–H and O–H groups in total. The van der Waals surface area contributed by atoms with Crippen molar-refractivity contribution in [2.45, 2.75) is 32.6 Å². The average Bonchev–Trinajstić information content (AvgIpc) is 2.39. The lowest BCUT2D eigenvalue weighted by Gasteiger charge is -2.35. The Balaban J connectivity index is 1.73. The predicted octanol–water partition coefficient (Wildman–Crippen LogP) is 1.06. The summed E-state index contributed by atoms with van der Waals surface area (Å²) in [6.07, 6.45) is 5.63. The monoisotopic (exact) mass is 304 g/mol. The number of ether oxygens (including phenoxy) is 1. The second-order valence-corrected chi connectivity index (χ2v) is 8.67. The van der Waals surface area contributed by atoms with Gasteiger partial charge in [0, 0.05) is 32.8 Å². The Morgan fingerprint density at radius 1 is 1.35 bits per heavy atom. The Hall–Kier alpha value is -0.170. The van der Waals surface area contributed by atoms with Crippen molar-refractivity contribution in [3.8, 4) is 0 Å². The molecule has 6 heteroatoms. The van der Waals surface area contributed by atoms with Crippen LogP contribution in [0.25, 0.3) is 0 Å². The topological polar surface area (TPSA) is 58.6 Å². The van der Waals surface area contributed by atoms with Crippen molar-refractivity contribution >= 4 is 10.0 Å². The van der Waals surface area contributed by atoms with Crippen molar-refractivity contribution < 1.29 is 13.2 Å². The largest absolute Gasteiger partial charge is 0.381 e. The number of hydrogen-bond acceptors (Lipinski definition) is 4. The lowest BCUT2D eigenvalue weighted by molar-refractivity contribution is 0.0235. The molecule has 2 rings (SSSR count). The van der Waals surface area contributed by atoms with E-state index < -0.39 is 10.0 Å². The van der Waals surface area contributed by atoms with E-state index in [2.05, 4.69) is 12.2 Å². The summed E-state index contributed by atoms with van der Waals surface area (Å²) in [6, 6.07) is 0. The molecule has 118 valence electrons. The first-order chi connectivity index (χ1) is 9.39. The summed E-state index contributed by atoms with van der Waals surface area (Å²) in [6.45, 7) is 7.32. The van der Waals surface area contributed by atoms with Gasteiger partial charge in [-0.25, -0.2) is 12.7 Å². The number of hydrogen-bond donors (Lipinski definition) is 1. The molecule has 1 atom stereocenters. The zero-order valence-corrected chi connectivity index (χ0v) is 13.5. The van der Waals surface area contributed by atoms with Gasteiger partial charge in [-0.15, -0.1) is 0 Å². The van der Waals surface area contributed by atoms with Crippen LogP contribution in [0.1, 0.15) is 32.6 Å². The van der Waals surface area contributed by atoms with Crippen molar-refractivity contribution in [2.75, 3.05) is 45.6 Å². The van der Waals surface area contributed by atoms with E-state index in [0.29, 0.717) is 24.4 Å². The zero-order chi connectivity index (χ0) is 14.6. The van der Waals surface area contributed by atoms with Crippen LogP contribution in [-0.2, 0) is 14.8 Å². The molecule has 0 bridgehead atoms. The highest BCUT2D eigenvalue weighted by molar-refractivity contribution is 7.88. The fraction of sp³-hybridized carbons (Fsp3) is 1.00. The Labute approximate surface area is 123 Å². The first-order valence-electron chi connectivity index (χ1n) is 7.63. The van der Waals surface area contributed by atoms with E-state index in [1.54, 1.807) is 4.31 Å². The van der Waals surface area contributed by atoms with Crippen molar-refractivity contribution in [3.63, 3.8) is 0 Å². The second kappa shape index (κ2) is 6.73. The predicted molar refractivity (Wildman–Crippen MR) is 80.2 cm³/mol. The minimum Gasteiger partial charge on any atom is -0.381 e. The summed E-state index contributed by atoms with van der Waals surface area (Å²) in [5.74, 6) is 0.446. The maximum atomic E-state index is 11.6. The maximum Gasteiger partial charge on any atom is 0.211 e. The Morgan fingerprint density at radius 3 is 2.70 bits per heavy atom. The molecule has 0 amide bonds. The van der Waals surface area contributed by atoms with Gasteiger partial charge in [-0.05, 0) is 43.6 Å². The average molecular weight is 304 g/mol. The second-order valence-electron chi connectivity index (χ2n) is 6.68. The van der Waals surface area contributed by atoms with Crippen molar-refractivity contribution in [2.24, 2.45) is 11.3 Å². The quantitative estimate of drug-likeness (QED) is 0.825. The van der Waals surface area contributed by atoms with Crippen LogP contribution in [0.3, 0.4) is 0 Å². The number of nitrogens with one attached hydrogen (secondary N) is 1. The number of piperidine rings is 1. The Morgan fingerprint density at radius 2 is 2.05 bits per heavy atom. The summed E-state index contributed by atoms with van der Waals surface area (Å²) in [5.41, 5.74) is 0.337. The molecule has 0 aromatic heterocycles. The Kier molecular flexibility index (Phi) is 5.45. The molecular formula is C14H28N2O3S. The highest BCUT2D eigenvalue weighted by Crippen LogP contribution is 2.28. The fourth-order valence-electron chi connectivity index (χ4n) is 3.11. The smallest absolute Gasteiger partial charge is 0.211 e. The normalized spacial score (nSPS) is 28.4. The van der Waals surface area contributed by atoms with Gasteiger partial charge in [0.25, 0.3) is 0 Å². The van der Waals surface area contributed by atoms with Crippen LogP contribution in [-0.4, -0.2) is 58.4 Å². The lowest BCUT2D eigenvalue weighted by Crippen LogP contribution is -2.44. The van der Waals surface area contributed by atoms with Gasteiger partial charge in [-0.2, -0.15) is 0 Å². The van der Waals surface area contributed by atoms with Crippen molar-refractivity contribution in [1.82, 2.24) is 9.62 Å². The molecule has 0 radical (unpaired) electrons. The molecule has 0 saturated carbocycles. The van der Waals surface area contributed by atoms with Crippen LogP contribution in [0, 0.1) is 11.3 Å². The minimum absolute atomic E-state index is 0.337. The van der Waals surface area contributed by atoms with E-state index >= 15 is 0 Å². The van der Waals surface area contributed by atoms with Crippen molar-refractivity contribution in [1.29, 1.82) is 0 Å². The van der Waals surface area contributed by atoms with Crippen LogP contribution in [0.15, 0.2) is 0 Å². The summed E-state index contributed by atoms with van der Waals surface area (Å²) in [4.78, 5) is 0. The van der Waals surface area contributed by atoms with Gasteiger partial charge in [-0.1, -0.05) is 6.92 Å². The zero-order valence-electron chi connectivity index (χ0n) is 12.7. The molecule has 2 heterocycles. The standard InChI is InChI=1S/C14H28N2O3S/c1-14(5-8-19-9-6-14)12-15-10-13-4-3-7-16(11-13)20(2,17)18/h13,15H,3-12H2,1-2H3. The third-order valence-corrected chi connectivity index (χ3v) is 5.91. The van der Waals surface area contributed by atoms with Crippen LogP contribution >= 0.6 is 0 Å². The van der Waals surface area contributed by atoms with Crippen LogP contribution in [0.2, 0.25) is 0 Å². The van der Waals surface area contributed by atoms with Crippen molar-refractivity contribution in [3.05, 3.63) is 0 Å². The number of sulfonamides is 1. The summed E-state index contributed by atoms with van der Waals surface area (Å²) in [7, 11) is -3.03. The molecule has 5 nitrogen and oxygen atoms in total. The molecule has 20 heavy (non-hydrogen) atoms. The van der Waals surface area contributed by atoms with E-state index in [0.717, 1.165) is 52.0 Å². The van der Waals surface area contributed by atoms with E-state index in [9.17, 15) is 8.42 Å². The van der Waals surface area contributed by atoms with Gasteiger partial charge in [0.15, 0.2) is 0 Å². The minimum atomic E-state index is -3.03. The number of rotatable bonds is 5. The Bertz CT molecular complexity index is 405. The first-order valence-corrected chi connectivity index (χ1v) is 9.47. The lowest BCUT2D eigenvalue weighted by atomic mass is 9.82. The van der Waals surface area contributed by atoms with E-state index in [1.807, 2.05) is 0 Å². The van der Waals surface area contributed by atoms with Crippen LogP contribution < -0.4 is 5.32 Å². The molecule has 2 saturated heterocycles.